The van der Waals surface area contributed by atoms with Crippen molar-refractivity contribution in [2.45, 2.75) is 38.5 Å². The molecule has 0 radical (unpaired) electrons. The second-order valence-corrected chi connectivity index (χ2v) is 7.39. The summed E-state index contributed by atoms with van der Waals surface area (Å²) in [5.41, 5.74) is 2.82. The molecular formula is C21H29O2P. The number of unbranched alkanes of at least 4 members (excludes halogenated alkanes) is 2. The van der Waals surface area contributed by atoms with Crippen molar-refractivity contribution in [3.63, 3.8) is 0 Å². The summed E-state index contributed by atoms with van der Waals surface area (Å²) in [6.07, 6.45) is 6.80. The summed E-state index contributed by atoms with van der Waals surface area (Å²) in [6.45, 7) is 3.67. The highest BCUT2D eigenvalue weighted by molar-refractivity contribution is 7.46. The lowest BCUT2D eigenvalue weighted by molar-refractivity contribution is 0.245. The zero-order valence-corrected chi connectivity index (χ0v) is 15.6. The molecule has 2 aromatic carbocycles. The van der Waals surface area contributed by atoms with Crippen molar-refractivity contribution in [1.82, 2.24) is 0 Å². The molecule has 0 saturated carbocycles. The highest BCUT2D eigenvalue weighted by Crippen LogP contribution is 2.33. The van der Waals surface area contributed by atoms with Crippen LogP contribution in [-0.4, -0.2) is 19.9 Å². The van der Waals surface area contributed by atoms with Gasteiger partial charge in [-0.1, -0.05) is 60.7 Å². The fraction of sp³-hybridized carbons (Fsp3) is 0.429. The van der Waals surface area contributed by atoms with Gasteiger partial charge in [0.2, 0.25) is 0 Å². The van der Waals surface area contributed by atoms with Crippen LogP contribution in [0.4, 0.5) is 0 Å². The molecule has 0 atom stereocenters. The highest BCUT2D eigenvalue weighted by atomic mass is 31.2. The summed E-state index contributed by atoms with van der Waals surface area (Å²) < 4.78 is 11.6. The normalized spacial score (nSPS) is 11.1. The van der Waals surface area contributed by atoms with Gasteiger partial charge in [-0.2, -0.15) is 0 Å². The van der Waals surface area contributed by atoms with E-state index in [9.17, 15) is 0 Å². The zero-order valence-electron chi connectivity index (χ0n) is 14.7. The first kappa shape index (κ1) is 19.1. The molecule has 3 heteroatoms. The van der Waals surface area contributed by atoms with Crippen molar-refractivity contribution in [1.29, 1.82) is 0 Å². The molecule has 0 aliphatic heterocycles. The molecule has 130 valence electrons. The van der Waals surface area contributed by atoms with E-state index in [0.717, 1.165) is 38.9 Å². The third kappa shape index (κ3) is 8.59. The van der Waals surface area contributed by atoms with Crippen molar-refractivity contribution < 1.29 is 9.05 Å². The van der Waals surface area contributed by atoms with Crippen LogP contribution in [0.5, 0.6) is 0 Å². The van der Waals surface area contributed by atoms with Gasteiger partial charge in [-0.25, -0.2) is 0 Å². The third-order valence-electron chi connectivity index (χ3n) is 3.95. The first-order valence-corrected chi connectivity index (χ1v) is 10.5. The van der Waals surface area contributed by atoms with Crippen LogP contribution in [0.3, 0.4) is 0 Å². The van der Waals surface area contributed by atoms with E-state index in [1.165, 1.54) is 24.0 Å². The molecule has 0 saturated heterocycles. The van der Waals surface area contributed by atoms with Crippen LogP contribution in [0.1, 0.15) is 36.8 Å². The van der Waals surface area contributed by atoms with Crippen LogP contribution in [0.15, 0.2) is 60.7 Å². The Labute approximate surface area is 148 Å². The second kappa shape index (κ2) is 12.2. The molecule has 0 amide bonds. The van der Waals surface area contributed by atoms with E-state index >= 15 is 0 Å². The van der Waals surface area contributed by atoms with Gasteiger partial charge in [0.05, 0.1) is 13.2 Å². The largest absolute Gasteiger partial charge is 0.334 e. The van der Waals surface area contributed by atoms with E-state index < -0.39 is 8.38 Å². The lowest BCUT2D eigenvalue weighted by Gasteiger charge is -2.13. The maximum absolute atomic E-state index is 5.79. The van der Waals surface area contributed by atoms with E-state index in [0.29, 0.717) is 0 Å². The van der Waals surface area contributed by atoms with Gasteiger partial charge in [-0.15, -0.1) is 0 Å². The van der Waals surface area contributed by atoms with Crippen LogP contribution in [0.25, 0.3) is 0 Å². The molecule has 2 aromatic rings. The van der Waals surface area contributed by atoms with Gasteiger partial charge in [0.1, 0.15) is 0 Å². The molecular weight excluding hydrogens is 315 g/mol. The smallest absolute Gasteiger partial charge is 0.167 e. The fourth-order valence-electron chi connectivity index (χ4n) is 2.58. The van der Waals surface area contributed by atoms with E-state index in [2.05, 4.69) is 67.3 Å². The predicted molar refractivity (Wildman–Crippen MR) is 104 cm³/mol. The lowest BCUT2D eigenvalue weighted by Crippen LogP contribution is -1.96. The minimum atomic E-state index is -0.722. The molecule has 0 spiro atoms. The van der Waals surface area contributed by atoms with Gasteiger partial charge in [0.15, 0.2) is 8.38 Å². The Bertz CT molecular complexity index is 481. The minimum Gasteiger partial charge on any atom is -0.334 e. The average molecular weight is 344 g/mol. The summed E-state index contributed by atoms with van der Waals surface area (Å²) in [5, 5.41) is 0. The summed E-state index contributed by atoms with van der Waals surface area (Å²) >= 11 is 0. The maximum Gasteiger partial charge on any atom is 0.167 e. The molecule has 0 aliphatic rings. The van der Waals surface area contributed by atoms with Gasteiger partial charge >= 0.3 is 0 Å². The van der Waals surface area contributed by atoms with Gasteiger partial charge in [0.25, 0.3) is 0 Å². The first-order chi connectivity index (χ1) is 11.8. The fourth-order valence-corrected chi connectivity index (χ4v) is 3.42. The molecule has 24 heavy (non-hydrogen) atoms. The molecule has 0 heterocycles. The Morgan fingerprint density at radius 1 is 0.625 bits per heavy atom. The average Bonchev–Trinajstić information content (AvgIpc) is 2.63. The quantitative estimate of drug-likeness (QED) is 0.347. The highest BCUT2D eigenvalue weighted by Gasteiger charge is 2.03. The van der Waals surface area contributed by atoms with E-state index in [-0.39, 0.29) is 0 Å². The standard InChI is InChI=1S/C21H29O2P/c1-24(22-18-10-8-16-20-12-4-2-5-13-20)23-19-11-9-17-21-14-6-3-7-15-21/h2-7,12-15H,8-11,16-19H2,1H3. The number of hydrogen-bond donors (Lipinski definition) is 0. The molecule has 0 bridgehead atoms. The molecule has 2 nitrogen and oxygen atoms in total. The van der Waals surface area contributed by atoms with E-state index in [1.54, 1.807) is 0 Å². The maximum atomic E-state index is 5.79. The van der Waals surface area contributed by atoms with E-state index in [1.807, 2.05) is 0 Å². The van der Waals surface area contributed by atoms with Crippen molar-refractivity contribution in [3.8, 4) is 0 Å². The second-order valence-electron chi connectivity index (χ2n) is 5.99. The SMILES string of the molecule is CP(OCCCCc1ccccc1)OCCCCc1ccccc1. The van der Waals surface area contributed by atoms with E-state index in [4.69, 9.17) is 9.05 Å². The van der Waals surface area contributed by atoms with Crippen molar-refractivity contribution >= 4 is 8.38 Å². The summed E-state index contributed by atoms with van der Waals surface area (Å²) in [6, 6.07) is 21.3. The van der Waals surface area contributed by atoms with Crippen molar-refractivity contribution in [2.75, 3.05) is 19.9 Å². The molecule has 0 fully saturated rings. The Kier molecular flexibility index (Phi) is 9.72. The molecule has 0 N–H and O–H groups in total. The predicted octanol–water partition coefficient (Wildman–Crippen LogP) is 6.01. The van der Waals surface area contributed by atoms with Crippen LogP contribution < -0.4 is 0 Å². The lowest BCUT2D eigenvalue weighted by atomic mass is 10.1. The number of rotatable bonds is 12. The van der Waals surface area contributed by atoms with Crippen LogP contribution >= 0.6 is 8.38 Å². The van der Waals surface area contributed by atoms with Gasteiger partial charge in [-0.05, 0) is 49.7 Å². The molecule has 0 aliphatic carbocycles. The first-order valence-electron chi connectivity index (χ1n) is 8.92. The monoisotopic (exact) mass is 344 g/mol. The van der Waals surface area contributed by atoms with Crippen molar-refractivity contribution in [2.24, 2.45) is 0 Å². The summed E-state index contributed by atoms with van der Waals surface area (Å²) in [4.78, 5) is 0. The Balaban J connectivity index is 1.42. The van der Waals surface area contributed by atoms with Gasteiger partial charge in [-0.3, -0.25) is 0 Å². The van der Waals surface area contributed by atoms with Crippen LogP contribution in [0.2, 0.25) is 0 Å². The topological polar surface area (TPSA) is 18.5 Å². The molecule has 0 aromatic heterocycles. The molecule has 2 rings (SSSR count). The summed E-state index contributed by atoms with van der Waals surface area (Å²) in [7, 11) is -0.722. The Morgan fingerprint density at radius 3 is 1.46 bits per heavy atom. The third-order valence-corrected chi connectivity index (χ3v) is 5.04. The Morgan fingerprint density at radius 2 is 1.04 bits per heavy atom. The molecule has 0 unspecified atom stereocenters. The minimum absolute atomic E-state index is 0.722. The number of aryl methyl sites for hydroxylation is 2. The number of hydrogen-bond acceptors (Lipinski definition) is 2. The Hall–Kier alpha value is -1.21. The van der Waals surface area contributed by atoms with Crippen LogP contribution in [0, 0.1) is 0 Å². The summed E-state index contributed by atoms with van der Waals surface area (Å²) in [5.74, 6) is 0. The number of benzene rings is 2. The van der Waals surface area contributed by atoms with Crippen molar-refractivity contribution in [3.05, 3.63) is 71.8 Å². The van der Waals surface area contributed by atoms with Gasteiger partial charge in [0, 0.05) is 6.66 Å². The van der Waals surface area contributed by atoms with Gasteiger partial charge < -0.3 is 9.05 Å². The zero-order chi connectivity index (χ0) is 16.9. The van der Waals surface area contributed by atoms with Crippen LogP contribution in [-0.2, 0) is 21.9 Å².